The summed E-state index contributed by atoms with van der Waals surface area (Å²) in [5.74, 6) is 0.750. The fraction of sp³-hybridized carbons (Fsp3) is 0.412. The number of hydrogen-bond acceptors (Lipinski definition) is 4. The van der Waals surface area contributed by atoms with E-state index in [1.165, 1.54) is 0 Å². The summed E-state index contributed by atoms with van der Waals surface area (Å²) in [6.07, 6.45) is 3.37. The van der Waals surface area contributed by atoms with E-state index in [1.54, 1.807) is 19.2 Å². The first-order valence-corrected chi connectivity index (χ1v) is 7.15. The molecule has 0 saturated carbocycles. The topological polar surface area (TPSA) is 59.3 Å². The van der Waals surface area contributed by atoms with Crippen LogP contribution >= 0.6 is 0 Å². The van der Waals surface area contributed by atoms with Gasteiger partial charge in [-0.05, 0) is 37.3 Å². The maximum atomic E-state index is 11.8. The molecule has 1 aromatic rings. The molecule has 1 aliphatic carbocycles. The SMILES string of the molecule is COC1=C(C#N)C(CCCOC(=O)c2ccccc2)CC1. The zero-order valence-corrected chi connectivity index (χ0v) is 12.2. The minimum atomic E-state index is -0.296. The molecule has 0 radical (unpaired) electrons. The summed E-state index contributed by atoms with van der Waals surface area (Å²) in [5, 5.41) is 9.16. The minimum absolute atomic E-state index is 0.236. The molecule has 1 unspecified atom stereocenters. The minimum Gasteiger partial charge on any atom is -0.500 e. The summed E-state index contributed by atoms with van der Waals surface area (Å²) in [6.45, 7) is 0.380. The molecule has 1 aromatic carbocycles. The lowest BCUT2D eigenvalue weighted by molar-refractivity contribution is 0.0495. The van der Waals surface area contributed by atoms with Gasteiger partial charge in [0.25, 0.3) is 0 Å². The third-order valence-corrected chi connectivity index (χ3v) is 3.73. The van der Waals surface area contributed by atoms with Crippen molar-refractivity contribution in [3.63, 3.8) is 0 Å². The van der Waals surface area contributed by atoms with E-state index in [4.69, 9.17) is 14.7 Å². The van der Waals surface area contributed by atoms with Crippen molar-refractivity contribution in [3.8, 4) is 6.07 Å². The molecule has 1 atom stereocenters. The molecular weight excluding hydrogens is 266 g/mol. The summed E-state index contributed by atoms with van der Waals surface area (Å²) in [5.41, 5.74) is 1.32. The van der Waals surface area contributed by atoms with Crippen molar-refractivity contribution in [2.75, 3.05) is 13.7 Å². The molecule has 0 aromatic heterocycles. The van der Waals surface area contributed by atoms with Crippen LogP contribution in [0.25, 0.3) is 0 Å². The molecule has 110 valence electrons. The average Bonchev–Trinajstić information content (AvgIpc) is 2.94. The number of ether oxygens (including phenoxy) is 2. The molecular formula is C17H19NO3. The van der Waals surface area contributed by atoms with E-state index in [9.17, 15) is 4.79 Å². The van der Waals surface area contributed by atoms with Crippen LogP contribution in [-0.2, 0) is 9.47 Å². The van der Waals surface area contributed by atoms with E-state index in [0.29, 0.717) is 12.2 Å². The second kappa shape index (κ2) is 7.49. The summed E-state index contributed by atoms with van der Waals surface area (Å²) < 4.78 is 10.5. The van der Waals surface area contributed by atoms with Crippen LogP contribution in [-0.4, -0.2) is 19.7 Å². The van der Waals surface area contributed by atoms with E-state index in [1.807, 2.05) is 18.2 Å². The fourth-order valence-electron chi connectivity index (χ4n) is 2.62. The van der Waals surface area contributed by atoms with Gasteiger partial charge in [-0.1, -0.05) is 18.2 Å². The molecule has 21 heavy (non-hydrogen) atoms. The Labute approximate surface area is 125 Å². The van der Waals surface area contributed by atoms with E-state index >= 15 is 0 Å². The molecule has 2 rings (SSSR count). The number of esters is 1. The second-order valence-electron chi connectivity index (χ2n) is 5.03. The van der Waals surface area contributed by atoms with Crippen molar-refractivity contribution < 1.29 is 14.3 Å². The van der Waals surface area contributed by atoms with E-state index in [2.05, 4.69) is 6.07 Å². The third-order valence-electron chi connectivity index (χ3n) is 3.73. The number of nitriles is 1. The van der Waals surface area contributed by atoms with Gasteiger partial charge in [-0.2, -0.15) is 5.26 Å². The number of carbonyl (C=O) groups excluding carboxylic acids is 1. The Morgan fingerprint density at radius 3 is 2.81 bits per heavy atom. The third kappa shape index (κ3) is 3.85. The van der Waals surface area contributed by atoms with Crippen molar-refractivity contribution in [1.82, 2.24) is 0 Å². The average molecular weight is 285 g/mol. The molecule has 0 bridgehead atoms. The van der Waals surface area contributed by atoms with E-state index in [0.717, 1.165) is 37.0 Å². The van der Waals surface area contributed by atoms with Crippen LogP contribution < -0.4 is 0 Å². The molecule has 1 aliphatic rings. The highest BCUT2D eigenvalue weighted by molar-refractivity contribution is 5.89. The predicted molar refractivity (Wildman–Crippen MR) is 78.3 cm³/mol. The Morgan fingerprint density at radius 2 is 2.14 bits per heavy atom. The first kappa shape index (κ1) is 15.1. The van der Waals surface area contributed by atoms with Crippen LogP contribution in [0.15, 0.2) is 41.7 Å². The first-order chi connectivity index (χ1) is 10.3. The van der Waals surface area contributed by atoms with Crippen LogP contribution in [0.2, 0.25) is 0 Å². The van der Waals surface area contributed by atoms with Gasteiger partial charge in [0, 0.05) is 6.42 Å². The second-order valence-corrected chi connectivity index (χ2v) is 5.03. The molecule has 0 saturated heterocycles. The quantitative estimate of drug-likeness (QED) is 0.593. The van der Waals surface area contributed by atoms with Crippen molar-refractivity contribution in [3.05, 3.63) is 47.2 Å². The van der Waals surface area contributed by atoms with Crippen LogP contribution in [0.4, 0.5) is 0 Å². The summed E-state index contributed by atoms with van der Waals surface area (Å²) in [4.78, 5) is 11.8. The van der Waals surface area contributed by atoms with Gasteiger partial charge in [0.2, 0.25) is 0 Å². The van der Waals surface area contributed by atoms with E-state index in [-0.39, 0.29) is 11.9 Å². The first-order valence-electron chi connectivity index (χ1n) is 7.15. The largest absolute Gasteiger partial charge is 0.500 e. The Bertz CT molecular complexity index is 557. The standard InChI is InChI=1S/C17H19NO3/c1-20-16-10-9-13(15(16)12-18)8-5-11-21-17(19)14-6-3-2-4-7-14/h2-4,6-7,13H,5,8-11H2,1H3. The van der Waals surface area contributed by atoms with Crippen LogP contribution in [0, 0.1) is 17.2 Å². The van der Waals surface area contributed by atoms with Gasteiger partial charge in [0.05, 0.1) is 30.9 Å². The van der Waals surface area contributed by atoms with Gasteiger partial charge < -0.3 is 9.47 Å². The zero-order chi connectivity index (χ0) is 15.1. The van der Waals surface area contributed by atoms with Crippen LogP contribution in [0.1, 0.15) is 36.0 Å². The number of hydrogen-bond donors (Lipinski definition) is 0. The lowest BCUT2D eigenvalue weighted by Gasteiger charge is -2.10. The number of methoxy groups -OCH3 is 1. The van der Waals surface area contributed by atoms with Gasteiger partial charge in [0.15, 0.2) is 0 Å². The molecule has 0 fully saturated rings. The van der Waals surface area contributed by atoms with Gasteiger partial charge in [-0.15, -0.1) is 0 Å². The van der Waals surface area contributed by atoms with Crippen LogP contribution in [0.5, 0.6) is 0 Å². The van der Waals surface area contributed by atoms with Crippen LogP contribution in [0.3, 0.4) is 0 Å². The van der Waals surface area contributed by atoms with Gasteiger partial charge in [-0.3, -0.25) is 0 Å². The highest BCUT2D eigenvalue weighted by Crippen LogP contribution is 2.34. The van der Waals surface area contributed by atoms with E-state index < -0.39 is 0 Å². The number of carbonyl (C=O) groups is 1. The molecule has 0 aliphatic heterocycles. The normalized spacial score (nSPS) is 17.4. The lowest BCUT2D eigenvalue weighted by atomic mass is 9.97. The Morgan fingerprint density at radius 1 is 1.38 bits per heavy atom. The summed E-state index contributed by atoms with van der Waals surface area (Å²) in [7, 11) is 1.61. The highest BCUT2D eigenvalue weighted by atomic mass is 16.5. The summed E-state index contributed by atoms with van der Waals surface area (Å²) >= 11 is 0. The maximum absolute atomic E-state index is 11.8. The lowest BCUT2D eigenvalue weighted by Crippen LogP contribution is -2.08. The van der Waals surface area contributed by atoms with Crippen molar-refractivity contribution >= 4 is 5.97 Å². The summed E-state index contributed by atoms with van der Waals surface area (Å²) in [6, 6.07) is 11.2. The monoisotopic (exact) mass is 285 g/mol. The van der Waals surface area contributed by atoms with Gasteiger partial charge in [0.1, 0.15) is 5.76 Å². The Balaban J connectivity index is 1.75. The molecule has 0 spiro atoms. The number of benzene rings is 1. The van der Waals surface area contributed by atoms with Gasteiger partial charge >= 0.3 is 5.97 Å². The molecule has 0 N–H and O–H groups in total. The van der Waals surface area contributed by atoms with Gasteiger partial charge in [-0.25, -0.2) is 4.79 Å². The molecule has 0 amide bonds. The number of rotatable bonds is 6. The molecule has 0 heterocycles. The predicted octanol–water partition coefficient (Wildman–Crippen LogP) is 3.46. The molecule has 4 heteroatoms. The fourth-order valence-corrected chi connectivity index (χ4v) is 2.62. The zero-order valence-electron chi connectivity index (χ0n) is 12.2. The number of nitrogens with zero attached hydrogens (tertiary/aromatic N) is 1. The van der Waals surface area contributed by atoms with Crippen molar-refractivity contribution in [2.45, 2.75) is 25.7 Å². The van der Waals surface area contributed by atoms with Crippen molar-refractivity contribution in [2.24, 2.45) is 5.92 Å². The maximum Gasteiger partial charge on any atom is 0.338 e. The molecule has 4 nitrogen and oxygen atoms in total. The smallest absolute Gasteiger partial charge is 0.338 e. The Kier molecular flexibility index (Phi) is 5.39. The number of allylic oxidation sites excluding steroid dienone is 2. The Hall–Kier alpha value is -2.28. The van der Waals surface area contributed by atoms with Crippen molar-refractivity contribution in [1.29, 1.82) is 5.26 Å². The highest BCUT2D eigenvalue weighted by Gasteiger charge is 2.26.